The van der Waals surface area contributed by atoms with Crippen molar-refractivity contribution in [3.63, 3.8) is 0 Å². The van der Waals surface area contributed by atoms with E-state index in [0.29, 0.717) is 47.6 Å². The maximum atomic E-state index is 14.3. The number of H-pyrrole nitrogens is 1. The number of pyridine rings is 1. The van der Waals surface area contributed by atoms with Crippen molar-refractivity contribution in [2.24, 2.45) is 11.7 Å². The van der Waals surface area contributed by atoms with Crippen LogP contribution in [-0.4, -0.2) is 34.6 Å². The highest BCUT2D eigenvalue weighted by atomic mass is 19.4. The van der Waals surface area contributed by atoms with Gasteiger partial charge in [0.05, 0.1) is 22.3 Å². The minimum Gasteiger partial charge on any atom is -0.370 e. The molecule has 5 nitrogen and oxygen atoms in total. The van der Waals surface area contributed by atoms with Crippen LogP contribution in [-0.2, 0) is 6.18 Å². The number of benzene rings is 2. The van der Waals surface area contributed by atoms with Gasteiger partial charge in [-0.25, -0.2) is 13.8 Å². The number of nitrogens with one attached hydrogen (secondary N) is 1. The number of alkyl halides is 3. The first-order valence-corrected chi connectivity index (χ1v) is 10.6. The summed E-state index contributed by atoms with van der Waals surface area (Å²) in [5, 5.41) is 0. The van der Waals surface area contributed by atoms with Crippen LogP contribution in [0.3, 0.4) is 0 Å². The molecule has 1 aliphatic heterocycles. The molecule has 0 radical (unpaired) electrons. The first kappa shape index (κ1) is 22.3. The molecule has 0 spiro atoms. The normalized spacial score (nSPS) is 14.6. The minimum absolute atomic E-state index is 0.0360. The van der Waals surface area contributed by atoms with Crippen molar-refractivity contribution in [3.8, 4) is 22.5 Å². The molecule has 1 aliphatic rings. The van der Waals surface area contributed by atoms with Crippen LogP contribution in [0.2, 0.25) is 0 Å². The molecule has 176 valence electrons. The number of nitrogens with zero attached hydrogens (tertiary/aromatic N) is 3. The van der Waals surface area contributed by atoms with E-state index in [9.17, 15) is 22.0 Å². The third kappa shape index (κ3) is 3.87. The van der Waals surface area contributed by atoms with Gasteiger partial charge in [-0.1, -0.05) is 6.07 Å². The number of anilines is 1. The Kier molecular flexibility index (Phi) is 5.27. The number of nitrogens with two attached hydrogens (primary N) is 1. The smallest absolute Gasteiger partial charge is 0.370 e. The number of halogens is 5. The highest BCUT2D eigenvalue weighted by Crippen LogP contribution is 2.43. The van der Waals surface area contributed by atoms with Crippen LogP contribution in [0, 0.1) is 24.5 Å². The lowest BCUT2D eigenvalue weighted by atomic mass is 9.93. The van der Waals surface area contributed by atoms with Crippen molar-refractivity contribution < 1.29 is 22.0 Å². The Morgan fingerprint density at radius 2 is 1.79 bits per heavy atom. The van der Waals surface area contributed by atoms with Gasteiger partial charge in [-0.2, -0.15) is 13.2 Å². The number of hydrogen-bond acceptors (Lipinski definition) is 4. The van der Waals surface area contributed by atoms with Gasteiger partial charge in [-0.3, -0.25) is 4.98 Å². The number of aromatic amines is 1. The number of hydrogen-bond donors (Lipinski definition) is 2. The highest BCUT2D eigenvalue weighted by Gasteiger charge is 2.33. The monoisotopic (exact) mass is 473 g/mol. The fourth-order valence-electron chi connectivity index (χ4n) is 4.35. The molecule has 0 atom stereocenters. The summed E-state index contributed by atoms with van der Waals surface area (Å²) >= 11 is 0. The Balaban J connectivity index is 1.72. The zero-order valence-corrected chi connectivity index (χ0v) is 18.0. The van der Waals surface area contributed by atoms with Gasteiger partial charge in [0.25, 0.3) is 0 Å². The lowest BCUT2D eigenvalue weighted by Crippen LogP contribution is -2.50. The van der Waals surface area contributed by atoms with Gasteiger partial charge >= 0.3 is 6.18 Å². The summed E-state index contributed by atoms with van der Waals surface area (Å²) in [6.45, 7) is 3.27. The molecular formula is C24H20F5N5. The molecule has 2 aromatic carbocycles. The second kappa shape index (κ2) is 8.05. The van der Waals surface area contributed by atoms with Crippen LogP contribution in [0.15, 0.2) is 42.7 Å². The maximum absolute atomic E-state index is 14.3. The molecule has 10 heteroatoms. The van der Waals surface area contributed by atoms with Crippen LogP contribution < -0.4 is 10.6 Å². The average molecular weight is 473 g/mol. The Hall–Kier alpha value is -3.53. The molecule has 0 bridgehead atoms. The summed E-state index contributed by atoms with van der Waals surface area (Å²) in [6, 6.07) is 5.72. The molecule has 2 aromatic heterocycles. The number of rotatable bonds is 4. The first-order chi connectivity index (χ1) is 16.1. The quantitative estimate of drug-likeness (QED) is 0.395. The first-order valence-electron chi connectivity index (χ1n) is 10.6. The average Bonchev–Trinajstić information content (AvgIpc) is 3.16. The summed E-state index contributed by atoms with van der Waals surface area (Å²) in [5.41, 5.74) is 7.51. The van der Waals surface area contributed by atoms with Crippen molar-refractivity contribution in [1.82, 2.24) is 15.0 Å². The number of aryl methyl sites for hydroxylation is 1. The second-order valence-corrected chi connectivity index (χ2v) is 8.54. The van der Waals surface area contributed by atoms with Crippen molar-refractivity contribution in [2.75, 3.05) is 24.5 Å². The zero-order chi connectivity index (χ0) is 24.2. The molecule has 0 unspecified atom stereocenters. The van der Waals surface area contributed by atoms with Gasteiger partial charge in [0, 0.05) is 43.0 Å². The van der Waals surface area contributed by atoms with Crippen LogP contribution >= 0.6 is 0 Å². The van der Waals surface area contributed by atoms with Gasteiger partial charge in [0.2, 0.25) is 0 Å². The molecule has 5 rings (SSSR count). The largest absolute Gasteiger partial charge is 0.416 e. The summed E-state index contributed by atoms with van der Waals surface area (Å²) < 4.78 is 68.5. The van der Waals surface area contributed by atoms with Crippen molar-refractivity contribution in [2.45, 2.75) is 13.1 Å². The summed E-state index contributed by atoms with van der Waals surface area (Å²) in [5.74, 6) is -1.09. The van der Waals surface area contributed by atoms with Gasteiger partial charge in [-0.15, -0.1) is 0 Å². The molecule has 0 saturated carbocycles. The summed E-state index contributed by atoms with van der Waals surface area (Å²) in [6.07, 6.45) is -1.48. The fraction of sp³-hybridized carbons (Fsp3) is 0.250. The number of fused-ring (bicyclic) bond motifs is 1. The predicted molar refractivity (Wildman–Crippen MR) is 119 cm³/mol. The number of imidazole rings is 1. The van der Waals surface area contributed by atoms with E-state index in [-0.39, 0.29) is 22.8 Å². The van der Waals surface area contributed by atoms with E-state index >= 15 is 0 Å². The molecule has 4 aromatic rings. The van der Waals surface area contributed by atoms with E-state index in [2.05, 4.69) is 15.0 Å². The topological polar surface area (TPSA) is 70.8 Å². The molecule has 0 aliphatic carbocycles. The van der Waals surface area contributed by atoms with Gasteiger partial charge in [0.15, 0.2) is 5.82 Å². The van der Waals surface area contributed by atoms with E-state index in [4.69, 9.17) is 5.73 Å². The maximum Gasteiger partial charge on any atom is 0.416 e. The van der Waals surface area contributed by atoms with E-state index in [1.807, 2.05) is 4.90 Å². The summed E-state index contributed by atoms with van der Waals surface area (Å²) in [4.78, 5) is 13.5. The van der Waals surface area contributed by atoms with E-state index in [1.165, 1.54) is 12.4 Å². The molecule has 1 saturated heterocycles. The third-order valence-corrected chi connectivity index (χ3v) is 6.00. The molecule has 3 N–H and O–H groups in total. The second-order valence-electron chi connectivity index (χ2n) is 8.54. The highest BCUT2D eigenvalue weighted by molar-refractivity contribution is 5.91. The van der Waals surface area contributed by atoms with Gasteiger partial charge in [0.1, 0.15) is 17.2 Å². The van der Waals surface area contributed by atoms with Crippen molar-refractivity contribution >= 4 is 16.7 Å². The van der Waals surface area contributed by atoms with Gasteiger partial charge in [-0.05, 0) is 42.8 Å². The van der Waals surface area contributed by atoms with E-state index < -0.39 is 23.4 Å². The third-order valence-electron chi connectivity index (χ3n) is 6.00. The lowest BCUT2D eigenvalue weighted by molar-refractivity contribution is -0.137. The SMILES string of the molecule is Cc1cc(-c2cncc(-c3nc4c(F)cc(F)cc4[nH]3)c2N2CC(CN)C2)cc(C(F)(F)F)c1. The Morgan fingerprint density at radius 3 is 2.50 bits per heavy atom. The Morgan fingerprint density at radius 1 is 1.06 bits per heavy atom. The Labute approximate surface area is 191 Å². The number of aromatic nitrogens is 3. The lowest BCUT2D eigenvalue weighted by Gasteiger charge is -2.42. The Bertz CT molecular complexity index is 1390. The summed E-state index contributed by atoms with van der Waals surface area (Å²) in [7, 11) is 0. The fourth-order valence-corrected chi connectivity index (χ4v) is 4.35. The van der Waals surface area contributed by atoms with Gasteiger partial charge < -0.3 is 15.6 Å². The molecular weight excluding hydrogens is 453 g/mol. The van der Waals surface area contributed by atoms with Crippen LogP contribution in [0.1, 0.15) is 11.1 Å². The predicted octanol–water partition coefficient (Wildman–Crippen LogP) is 5.29. The standard InChI is InChI=1S/C24H20F5N5/c1-12-2-14(4-15(3-12)24(27,28)29)17-8-31-9-18(22(17)34-10-13(7-30)11-34)23-32-20-6-16(25)5-19(26)21(20)33-23/h2-6,8-9,13H,7,10-11,30H2,1H3,(H,32,33). The molecule has 0 amide bonds. The molecule has 34 heavy (non-hydrogen) atoms. The minimum atomic E-state index is -4.51. The molecule has 1 fully saturated rings. The van der Waals surface area contributed by atoms with Crippen LogP contribution in [0.25, 0.3) is 33.5 Å². The van der Waals surface area contributed by atoms with Crippen molar-refractivity contribution in [3.05, 3.63) is 65.5 Å². The van der Waals surface area contributed by atoms with Crippen molar-refractivity contribution in [1.29, 1.82) is 0 Å². The molecule has 3 heterocycles. The van der Waals surface area contributed by atoms with Crippen LogP contribution in [0.5, 0.6) is 0 Å². The van der Waals surface area contributed by atoms with Crippen LogP contribution in [0.4, 0.5) is 27.6 Å². The van der Waals surface area contributed by atoms with E-state index in [0.717, 1.165) is 24.3 Å². The zero-order valence-electron chi connectivity index (χ0n) is 18.0. The van der Waals surface area contributed by atoms with E-state index in [1.54, 1.807) is 13.0 Å².